The first-order valence-electron chi connectivity index (χ1n) is 5.94. The van der Waals surface area contributed by atoms with E-state index < -0.39 is 5.97 Å². The van der Waals surface area contributed by atoms with Crippen molar-refractivity contribution in [3.63, 3.8) is 0 Å². The van der Waals surface area contributed by atoms with Crippen molar-refractivity contribution in [2.75, 3.05) is 13.2 Å². The third kappa shape index (κ3) is 3.46. The van der Waals surface area contributed by atoms with E-state index in [1.807, 2.05) is 6.92 Å². The van der Waals surface area contributed by atoms with Gasteiger partial charge in [0.25, 0.3) is 0 Å². The van der Waals surface area contributed by atoms with Crippen molar-refractivity contribution in [3.8, 4) is 0 Å². The van der Waals surface area contributed by atoms with Crippen molar-refractivity contribution in [2.45, 2.75) is 58.2 Å². The minimum absolute atomic E-state index is 0.0970. The van der Waals surface area contributed by atoms with Gasteiger partial charge in [-0.2, -0.15) is 0 Å². The Morgan fingerprint density at radius 3 is 2.38 bits per heavy atom. The molecule has 0 heterocycles. The Morgan fingerprint density at radius 1 is 1.44 bits per heavy atom. The fourth-order valence-electron chi connectivity index (χ4n) is 2.22. The molecule has 0 amide bonds. The van der Waals surface area contributed by atoms with E-state index in [1.54, 1.807) is 0 Å². The summed E-state index contributed by atoms with van der Waals surface area (Å²) in [6, 6.07) is 0.354. The molecule has 1 N–H and O–H groups in total. The van der Waals surface area contributed by atoms with Crippen LogP contribution in [0.5, 0.6) is 0 Å². The number of hydrogen-bond donors (Lipinski definition) is 1. The van der Waals surface area contributed by atoms with Crippen LogP contribution in [-0.2, 0) is 9.53 Å². The molecule has 1 rings (SSSR count). The molecule has 0 radical (unpaired) electrons. The highest BCUT2D eigenvalue weighted by Gasteiger charge is 2.39. The maximum Gasteiger partial charge on any atom is 0.317 e. The Labute approximate surface area is 97.6 Å². The van der Waals surface area contributed by atoms with Crippen molar-refractivity contribution in [1.82, 2.24) is 4.90 Å². The number of ether oxygens (including phenoxy) is 1. The lowest BCUT2D eigenvalue weighted by molar-refractivity contribution is -0.144. The normalized spacial score (nSPS) is 25.6. The minimum Gasteiger partial charge on any atom is -0.480 e. The van der Waals surface area contributed by atoms with Crippen LogP contribution < -0.4 is 0 Å². The maximum absolute atomic E-state index is 10.8. The van der Waals surface area contributed by atoms with Crippen LogP contribution in [0.1, 0.15) is 40.5 Å². The highest BCUT2D eigenvalue weighted by molar-refractivity contribution is 5.69. The van der Waals surface area contributed by atoms with Gasteiger partial charge in [0, 0.05) is 18.2 Å². The second-order valence-corrected chi connectivity index (χ2v) is 5.40. The zero-order valence-corrected chi connectivity index (χ0v) is 10.7. The fourth-order valence-corrected chi connectivity index (χ4v) is 2.22. The van der Waals surface area contributed by atoms with E-state index in [2.05, 4.69) is 25.7 Å². The van der Waals surface area contributed by atoms with E-state index in [1.165, 1.54) is 0 Å². The van der Waals surface area contributed by atoms with E-state index in [9.17, 15) is 4.79 Å². The summed E-state index contributed by atoms with van der Waals surface area (Å²) in [6.07, 6.45) is 2.24. The first-order chi connectivity index (χ1) is 7.34. The van der Waals surface area contributed by atoms with Gasteiger partial charge < -0.3 is 9.84 Å². The fraction of sp³-hybridized carbons (Fsp3) is 0.917. The smallest absolute Gasteiger partial charge is 0.317 e. The number of rotatable bonds is 5. The third-order valence-electron chi connectivity index (χ3n) is 3.08. The second kappa shape index (κ2) is 5.15. The van der Waals surface area contributed by atoms with Gasteiger partial charge in [0.15, 0.2) is 0 Å². The Hall–Kier alpha value is -0.610. The summed E-state index contributed by atoms with van der Waals surface area (Å²) in [5.41, 5.74) is -0.0970. The highest BCUT2D eigenvalue weighted by Crippen LogP contribution is 2.32. The lowest BCUT2D eigenvalue weighted by Crippen LogP contribution is -2.56. The summed E-state index contributed by atoms with van der Waals surface area (Å²) < 4.78 is 5.50. The summed E-state index contributed by atoms with van der Waals surface area (Å²) in [6.45, 7) is 9.03. The van der Waals surface area contributed by atoms with Gasteiger partial charge in [0.2, 0.25) is 0 Å². The first kappa shape index (κ1) is 13.5. The molecule has 0 atom stereocenters. The van der Waals surface area contributed by atoms with E-state index in [4.69, 9.17) is 9.84 Å². The Bertz CT molecular complexity index is 241. The molecular weight excluding hydrogens is 206 g/mol. The van der Waals surface area contributed by atoms with Crippen LogP contribution in [0.4, 0.5) is 0 Å². The van der Waals surface area contributed by atoms with Gasteiger partial charge in [-0.25, -0.2) is 0 Å². The minimum atomic E-state index is -0.755. The zero-order chi connectivity index (χ0) is 12.3. The van der Waals surface area contributed by atoms with Crippen molar-refractivity contribution in [2.24, 2.45) is 0 Å². The van der Waals surface area contributed by atoms with Gasteiger partial charge in [-0.1, -0.05) is 0 Å². The number of carboxylic acids is 1. The SMILES string of the molecule is CCOC1CC(N(CC(=O)O)C(C)(C)C)C1. The topological polar surface area (TPSA) is 49.8 Å². The predicted molar refractivity (Wildman–Crippen MR) is 62.5 cm³/mol. The average Bonchev–Trinajstić information content (AvgIpc) is 2.05. The standard InChI is InChI=1S/C12H23NO3/c1-5-16-10-6-9(7-10)13(8-11(14)15)12(2,3)4/h9-10H,5-8H2,1-4H3,(H,14,15). The van der Waals surface area contributed by atoms with E-state index in [0.29, 0.717) is 12.1 Å². The average molecular weight is 229 g/mol. The molecule has 1 fully saturated rings. The summed E-state index contributed by atoms with van der Waals surface area (Å²) in [5.74, 6) is -0.755. The van der Waals surface area contributed by atoms with Crippen molar-refractivity contribution in [1.29, 1.82) is 0 Å². The predicted octanol–water partition coefficient (Wildman–Crippen LogP) is 1.74. The van der Waals surface area contributed by atoms with Crippen molar-refractivity contribution in [3.05, 3.63) is 0 Å². The van der Waals surface area contributed by atoms with Crippen molar-refractivity contribution < 1.29 is 14.6 Å². The molecule has 0 aromatic carbocycles. The van der Waals surface area contributed by atoms with Crippen molar-refractivity contribution >= 4 is 5.97 Å². The maximum atomic E-state index is 10.8. The molecule has 0 bridgehead atoms. The first-order valence-corrected chi connectivity index (χ1v) is 5.94. The molecule has 0 unspecified atom stereocenters. The van der Waals surface area contributed by atoms with E-state index in [-0.39, 0.29) is 12.1 Å². The Kier molecular flexibility index (Phi) is 4.33. The molecule has 1 aliphatic carbocycles. The molecule has 0 aromatic rings. The van der Waals surface area contributed by atoms with Gasteiger partial charge in [-0.05, 0) is 40.5 Å². The number of carbonyl (C=O) groups is 1. The van der Waals surface area contributed by atoms with Crippen LogP contribution in [0.2, 0.25) is 0 Å². The van der Waals surface area contributed by atoms with Crippen LogP contribution >= 0.6 is 0 Å². The van der Waals surface area contributed by atoms with Crippen LogP contribution in [0.25, 0.3) is 0 Å². The quantitative estimate of drug-likeness (QED) is 0.780. The number of carboxylic acid groups (broad SMARTS) is 1. The number of aliphatic carboxylic acids is 1. The molecule has 0 aromatic heterocycles. The van der Waals surface area contributed by atoms with Crippen LogP contribution in [0.3, 0.4) is 0 Å². The molecule has 0 spiro atoms. The van der Waals surface area contributed by atoms with Gasteiger partial charge in [0.05, 0.1) is 12.6 Å². The van der Waals surface area contributed by atoms with Gasteiger partial charge in [0.1, 0.15) is 0 Å². The van der Waals surface area contributed by atoms with E-state index >= 15 is 0 Å². The number of nitrogens with zero attached hydrogens (tertiary/aromatic N) is 1. The summed E-state index contributed by atoms with van der Waals surface area (Å²) in [4.78, 5) is 12.9. The van der Waals surface area contributed by atoms with Gasteiger partial charge in [-0.3, -0.25) is 9.69 Å². The molecule has 16 heavy (non-hydrogen) atoms. The van der Waals surface area contributed by atoms with Crippen LogP contribution in [0.15, 0.2) is 0 Å². The van der Waals surface area contributed by atoms with Crippen LogP contribution in [-0.4, -0.2) is 46.8 Å². The largest absolute Gasteiger partial charge is 0.480 e. The lowest BCUT2D eigenvalue weighted by Gasteiger charge is -2.48. The monoisotopic (exact) mass is 229 g/mol. The molecule has 0 saturated heterocycles. The lowest BCUT2D eigenvalue weighted by atomic mass is 9.85. The highest BCUT2D eigenvalue weighted by atomic mass is 16.5. The second-order valence-electron chi connectivity index (χ2n) is 5.40. The summed E-state index contributed by atoms with van der Waals surface area (Å²) in [7, 11) is 0. The number of hydrogen-bond acceptors (Lipinski definition) is 3. The Balaban J connectivity index is 2.50. The zero-order valence-electron chi connectivity index (χ0n) is 10.7. The molecule has 0 aliphatic heterocycles. The molecule has 4 nitrogen and oxygen atoms in total. The molecule has 94 valence electrons. The Morgan fingerprint density at radius 2 is 2.00 bits per heavy atom. The molecule has 1 saturated carbocycles. The summed E-state index contributed by atoms with van der Waals surface area (Å²) >= 11 is 0. The van der Waals surface area contributed by atoms with Crippen LogP contribution in [0, 0.1) is 0 Å². The van der Waals surface area contributed by atoms with E-state index in [0.717, 1.165) is 19.4 Å². The summed E-state index contributed by atoms with van der Waals surface area (Å²) in [5, 5.41) is 8.91. The van der Waals surface area contributed by atoms with Gasteiger partial charge >= 0.3 is 5.97 Å². The molecule has 4 heteroatoms. The third-order valence-corrected chi connectivity index (χ3v) is 3.08. The molecule has 1 aliphatic rings. The van der Waals surface area contributed by atoms with Gasteiger partial charge in [-0.15, -0.1) is 0 Å². The molecular formula is C12H23NO3.